The highest BCUT2D eigenvalue weighted by atomic mass is 35.5. The van der Waals surface area contributed by atoms with Crippen molar-refractivity contribution in [1.29, 1.82) is 0 Å². The lowest BCUT2D eigenvalue weighted by Crippen LogP contribution is -2.34. The average Bonchev–Trinajstić information content (AvgIpc) is 2.48. The summed E-state index contributed by atoms with van der Waals surface area (Å²) in [4.78, 5) is 24.3. The van der Waals surface area contributed by atoms with Gasteiger partial charge in [0.25, 0.3) is 0 Å². The van der Waals surface area contributed by atoms with Gasteiger partial charge in [-0.3, -0.25) is 4.79 Å². The van der Waals surface area contributed by atoms with E-state index in [1.807, 2.05) is 26.0 Å². The average molecular weight is 312 g/mol. The standard InChI is InChI=1S/C16H22ClNO3/c1-4-9-21-11-14-6-5-12(2)16(13(14)3)18(7-8-19)15(20)10-17/h5-6,8H,4,7,9-11H2,1-3H3. The molecule has 1 amide bonds. The molecule has 0 atom stereocenters. The molecule has 0 heterocycles. The lowest BCUT2D eigenvalue weighted by molar-refractivity contribution is -0.117. The second kappa shape index (κ2) is 8.80. The first kappa shape index (κ1) is 17.7. The number of benzene rings is 1. The van der Waals surface area contributed by atoms with Gasteiger partial charge < -0.3 is 14.4 Å². The third-order valence-electron chi connectivity index (χ3n) is 3.29. The summed E-state index contributed by atoms with van der Waals surface area (Å²) in [5, 5.41) is 0. The second-order valence-electron chi connectivity index (χ2n) is 4.87. The number of ether oxygens (including phenoxy) is 1. The first-order valence-corrected chi connectivity index (χ1v) is 7.57. The Morgan fingerprint density at radius 1 is 1.38 bits per heavy atom. The molecule has 21 heavy (non-hydrogen) atoms. The maximum atomic E-state index is 12.0. The number of anilines is 1. The van der Waals surface area contributed by atoms with Crippen LogP contribution in [0.1, 0.15) is 30.0 Å². The lowest BCUT2D eigenvalue weighted by atomic mass is 10.0. The highest BCUT2D eigenvalue weighted by Gasteiger charge is 2.19. The molecule has 0 radical (unpaired) electrons. The zero-order chi connectivity index (χ0) is 15.8. The Kier molecular flexibility index (Phi) is 7.40. The van der Waals surface area contributed by atoms with Crippen molar-refractivity contribution in [3.8, 4) is 0 Å². The molecule has 1 rings (SSSR count). The molecule has 0 aliphatic heterocycles. The summed E-state index contributed by atoms with van der Waals surface area (Å²) in [6, 6.07) is 3.93. The van der Waals surface area contributed by atoms with Crippen molar-refractivity contribution in [2.45, 2.75) is 33.8 Å². The highest BCUT2D eigenvalue weighted by Crippen LogP contribution is 2.28. The van der Waals surface area contributed by atoms with E-state index in [9.17, 15) is 9.59 Å². The van der Waals surface area contributed by atoms with E-state index in [1.165, 1.54) is 4.90 Å². The molecule has 1 aromatic carbocycles. The maximum absolute atomic E-state index is 12.0. The number of alkyl halides is 1. The van der Waals surface area contributed by atoms with E-state index >= 15 is 0 Å². The molecule has 0 spiro atoms. The van der Waals surface area contributed by atoms with Crippen molar-refractivity contribution in [3.05, 3.63) is 28.8 Å². The monoisotopic (exact) mass is 311 g/mol. The SMILES string of the molecule is CCCOCc1ccc(C)c(N(CC=O)C(=O)CCl)c1C. The Morgan fingerprint density at radius 2 is 2.10 bits per heavy atom. The normalized spacial score (nSPS) is 10.5. The Labute approximate surface area is 131 Å². The van der Waals surface area contributed by atoms with Gasteiger partial charge in [-0.1, -0.05) is 19.1 Å². The predicted molar refractivity (Wildman–Crippen MR) is 85.0 cm³/mol. The molecule has 0 fully saturated rings. The number of carbonyl (C=O) groups is 2. The summed E-state index contributed by atoms with van der Waals surface area (Å²) in [6.07, 6.45) is 1.67. The molecule has 116 valence electrons. The number of aldehydes is 1. The fraction of sp³-hybridized carbons (Fsp3) is 0.500. The molecule has 0 aliphatic rings. The molecule has 0 bridgehead atoms. The molecular weight excluding hydrogens is 290 g/mol. The van der Waals surface area contributed by atoms with Crippen LogP contribution in [0.4, 0.5) is 5.69 Å². The van der Waals surface area contributed by atoms with Gasteiger partial charge in [0, 0.05) is 6.61 Å². The van der Waals surface area contributed by atoms with Gasteiger partial charge in [-0.15, -0.1) is 11.6 Å². The Morgan fingerprint density at radius 3 is 2.67 bits per heavy atom. The third kappa shape index (κ3) is 4.55. The number of hydrogen-bond acceptors (Lipinski definition) is 3. The fourth-order valence-corrected chi connectivity index (χ4v) is 2.38. The topological polar surface area (TPSA) is 46.6 Å². The van der Waals surface area contributed by atoms with Crippen molar-refractivity contribution in [1.82, 2.24) is 0 Å². The summed E-state index contributed by atoms with van der Waals surface area (Å²) >= 11 is 5.65. The van der Waals surface area contributed by atoms with Crippen LogP contribution in [-0.4, -0.2) is 31.2 Å². The molecule has 4 nitrogen and oxygen atoms in total. The zero-order valence-electron chi connectivity index (χ0n) is 12.8. The van der Waals surface area contributed by atoms with Crippen LogP contribution in [0.3, 0.4) is 0 Å². The quantitative estimate of drug-likeness (QED) is 0.421. The lowest BCUT2D eigenvalue weighted by Gasteiger charge is -2.25. The van der Waals surface area contributed by atoms with Gasteiger partial charge in [0.1, 0.15) is 12.2 Å². The van der Waals surface area contributed by atoms with Crippen molar-refractivity contribution in [3.63, 3.8) is 0 Å². The number of aryl methyl sites for hydroxylation is 1. The van der Waals surface area contributed by atoms with E-state index in [-0.39, 0.29) is 18.3 Å². The molecule has 0 aromatic heterocycles. The molecule has 1 aromatic rings. The minimum Gasteiger partial charge on any atom is -0.377 e. The molecule has 0 saturated carbocycles. The largest absolute Gasteiger partial charge is 0.377 e. The Hall–Kier alpha value is -1.39. The number of nitrogens with zero attached hydrogens (tertiary/aromatic N) is 1. The van der Waals surface area contributed by atoms with Crippen molar-refractivity contribution >= 4 is 29.5 Å². The van der Waals surface area contributed by atoms with Crippen molar-refractivity contribution in [2.24, 2.45) is 0 Å². The van der Waals surface area contributed by atoms with Gasteiger partial charge in [0.05, 0.1) is 18.8 Å². The molecule has 0 N–H and O–H groups in total. The summed E-state index contributed by atoms with van der Waals surface area (Å²) in [7, 11) is 0. The van der Waals surface area contributed by atoms with E-state index < -0.39 is 0 Å². The van der Waals surface area contributed by atoms with Gasteiger partial charge >= 0.3 is 0 Å². The third-order valence-corrected chi connectivity index (χ3v) is 3.52. The van der Waals surface area contributed by atoms with E-state index in [1.54, 1.807) is 0 Å². The number of amides is 1. The minimum absolute atomic E-state index is 0.00645. The van der Waals surface area contributed by atoms with Crippen LogP contribution in [-0.2, 0) is 20.9 Å². The number of carbonyl (C=O) groups excluding carboxylic acids is 2. The predicted octanol–water partition coefficient (Wildman–Crippen LogP) is 3.00. The van der Waals surface area contributed by atoms with Gasteiger partial charge in [-0.2, -0.15) is 0 Å². The molecule has 0 unspecified atom stereocenters. The molecular formula is C16H22ClNO3. The summed E-state index contributed by atoms with van der Waals surface area (Å²) in [5.41, 5.74) is 3.66. The fourth-order valence-electron chi connectivity index (χ4n) is 2.24. The van der Waals surface area contributed by atoms with Crippen LogP contribution >= 0.6 is 11.6 Å². The van der Waals surface area contributed by atoms with E-state index in [0.29, 0.717) is 19.5 Å². The van der Waals surface area contributed by atoms with E-state index in [0.717, 1.165) is 28.8 Å². The van der Waals surface area contributed by atoms with Gasteiger partial charge in [-0.25, -0.2) is 0 Å². The Balaban J connectivity index is 3.16. The van der Waals surface area contributed by atoms with Gasteiger partial charge in [0.2, 0.25) is 5.91 Å². The smallest absolute Gasteiger partial charge is 0.242 e. The first-order chi connectivity index (χ1) is 10.1. The first-order valence-electron chi connectivity index (χ1n) is 7.03. The summed E-state index contributed by atoms with van der Waals surface area (Å²) < 4.78 is 5.57. The van der Waals surface area contributed by atoms with Crippen LogP contribution in [0.25, 0.3) is 0 Å². The van der Waals surface area contributed by atoms with Gasteiger partial charge in [0.15, 0.2) is 0 Å². The van der Waals surface area contributed by atoms with E-state index in [4.69, 9.17) is 16.3 Å². The Bertz CT molecular complexity index is 503. The van der Waals surface area contributed by atoms with Gasteiger partial charge in [-0.05, 0) is 37.0 Å². The van der Waals surface area contributed by atoms with Crippen LogP contribution in [0.5, 0.6) is 0 Å². The van der Waals surface area contributed by atoms with Crippen LogP contribution in [0, 0.1) is 13.8 Å². The van der Waals surface area contributed by atoms with Crippen LogP contribution in [0.15, 0.2) is 12.1 Å². The number of rotatable bonds is 8. The second-order valence-corrected chi connectivity index (χ2v) is 5.14. The van der Waals surface area contributed by atoms with Crippen LogP contribution < -0.4 is 4.90 Å². The number of hydrogen-bond donors (Lipinski definition) is 0. The van der Waals surface area contributed by atoms with Crippen molar-refractivity contribution in [2.75, 3.05) is 23.9 Å². The van der Waals surface area contributed by atoms with Crippen LogP contribution in [0.2, 0.25) is 0 Å². The summed E-state index contributed by atoms with van der Waals surface area (Å²) in [6.45, 7) is 7.10. The molecule has 5 heteroatoms. The molecule has 0 saturated heterocycles. The van der Waals surface area contributed by atoms with E-state index in [2.05, 4.69) is 6.92 Å². The highest BCUT2D eigenvalue weighted by molar-refractivity contribution is 6.29. The zero-order valence-corrected chi connectivity index (χ0v) is 13.6. The molecule has 0 aliphatic carbocycles. The maximum Gasteiger partial charge on any atom is 0.242 e. The number of halogens is 1. The minimum atomic E-state index is -0.276. The van der Waals surface area contributed by atoms with Crippen molar-refractivity contribution < 1.29 is 14.3 Å². The summed E-state index contributed by atoms with van der Waals surface area (Å²) in [5.74, 6) is -0.426.